The van der Waals surface area contributed by atoms with Crippen LogP contribution < -0.4 is 14.4 Å². The van der Waals surface area contributed by atoms with Crippen molar-refractivity contribution < 1.29 is 4.57 Å². The van der Waals surface area contributed by atoms with Gasteiger partial charge in [0.1, 0.15) is 7.05 Å². The summed E-state index contributed by atoms with van der Waals surface area (Å²) in [6, 6.07) is 32.7. The van der Waals surface area contributed by atoms with Crippen LogP contribution in [0.4, 0.5) is 11.4 Å². The van der Waals surface area contributed by atoms with Crippen LogP contribution in [0.5, 0.6) is 0 Å². The Balaban J connectivity index is 1.89. The Labute approximate surface area is 185 Å². The summed E-state index contributed by atoms with van der Waals surface area (Å²) in [6.45, 7) is 0. The summed E-state index contributed by atoms with van der Waals surface area (Å²) in [6.07, 6.45) is 0. The predicted octanol–water partition coefficient (Wildman–Crippen LogP) is 5.64. The number of nitrogens with zero attached hydrogens (tertiary/aromatic N) is 3. The standard InChI is InChI=1S/C28H30N3/c1-29(2)25-15-11-22(12-16-25)27-19-24(21-9-7-6-8-10-21)20-28(31(27)5)23-13-17-26(18-14-23)30(3)4/h6-20H,1-5H3/q+1. The van der Waals surface area contributed by atoms with Crippen molar-refractivity contribution in [1.82, 2.24) is 0 Å². The summed E-state index contributed by atoms with van der Waals surface area (Å²) < 4.78 is 2.29. The molecule has 3 aromatic carbocycles. The van der Waals surface area contributed by atoms with Crippen molar-refractivity contribution in [2.24, 2.45) is 7.05 Å². The molecule has 0 unspecified atom stereocenters. The summed E-state index contributed by atoms with van der Waals surface area (Å²) in [7, 11) is 10.4. The van der Waals surface area contributed by atoms with Crippen molar-refractivity contribution in [3.8, 4) is 33.6 Å². The van der Waals surface area contributed by atoms with Crippen molar-refractivity contribution in [3.05, 3.63) is 91.0 Å². The Kier molecular flexibility index (Phi) is 5.77. The number of hydrogen-bond acceptors (Lipinski definition) is 2. The Bertz CT molecular complexity index is 1090. The van der Waals surface area contributed by atoms with Crippen molar-refractivity contribution in [2.75, 3.05) is 38.0 Å². The SMILES string of the molecule is CN(C)c1ccc(-c2cc(-c3ccccc3)cc(-c3ccc(N(C)C)cc3)[n+]2C)cc1. The van der Waals surface area contributed by atoms with Crippen LogP contribution in [0.15, 0.2) is 91.0 Å². The van der Waals surface area contributed by atoms with Crippen molar-refractivity contribution in [2.45, 2.75) is 0 Å². The van der Waals surface area contributed by atoms with Crippen molar-refractivity contribution in [1.29, 1.82) is 0 Å². The first-order valence-corrected chi connectivity index (χ1v) is 10.6. The fraction of sp³-hybridized carbons (Fsp3) is 0.179. The highest BCUT2D eigenvalue weighted by Crippen LogP contribution is 2.30. The molecule has 0 saturated heterocycles. The zero-order valence-corrected chi connectivity index (χ0v) is 19.0. The second-order valence-electron chi connectivity index (χ2n) is 8.32. The van der Waals surface area contributed by atoms with E-state index in [0.29, 0.717) is 0 Å². The molecule has 0 N–H and O–H groups in total. The topological polar surface area (TPSA) is 10.4 Å². The molecule has 3 heteroatoms. The van der Waals surface area contributed by atoms with E-state index in [0.717, 1.165) is 0 Å². The van der Waals surface area contributed by atoms with Gasteiger partial charge in [0.05, 0.1) is 0 Å². The smallest absolute Gasteiger partial charge is 0.213 e. The molecule has 0 amide bonds. The molecular formula is C28H30N3+. The van der Waals surface area contributed by atoms with E-state index < -0.39 is 0 Å². The summed E-state index contributed by atoms with van der Waals surface area (Å²) in [5.41, 5.74) is 9.64. The summed E-state index contributed by atoms with van der Waals surface area (Å²) in [4.78, 5) is 4.25. The van der Waals surface area contributed by atoms with Gasteiger partial charge in [0, 0.05) is 62.8 Å². The van der Waals surface area contributed by atoms with Gasteiger partial charge in [0.25, 0.3) is 0 Å². The zero-order valence-electron chi connectivity index (χ0n) is 19.0. The van der Waals surface area contributed by atoms with Gasteiger partial charge in [-0.3, -0.25) is 0 Å². The third-order valence-electron chi connectivity index (χ3n) is 5.77. The first-order valence-electron chi connectivity index (χ1n) is 10.6. The summed E-state index contributed by atoms with van der Waals surface area (Å²) in [5, 5.41) is 0. The first-order chi connectivity index (χ1) is 14.9. The van der Waals surface area contributed by atoms with Gasteiger partial charge >= 0.3 is 0 Å². The van der Waals surface area contributed by atoms with E-state index in [4.69, 9.17) is 0 Å². The fourth-order valence-electron chi connectivity index (χ4n) is 3.87. The van der Waals surface area contributed by atoms with E-state index in [2.05, 4.69) is 141 Å². The number of benzene rings is 3. The molecule has 4 rings (SSSR count). The molecule has 1 heterocycles. The van der Waals surface area contributed by atoms with E-state index in [1.165, 1.54) is 45.0 Å². The number of pyridine rings is 1. The van der Waals surface area contributed by atoms with Crippen LogP contribution >= 0.6 is 0 Å². The van der Waals surface area contributed by atoms with Gasteiger partial charge in [-0.1, -0.05) is 30.3 Å². The molecule has 0 aliphatic rings. The average Bonchev–Trinajstić information content (AvgIpc) is 2.80. The van der Waals surface area contributed by atoms with Crippen molar-refractivity contribution in [3.63, 3.8) is 0 Å². The van der Waals surface area contributed by atoms with Gasteiger partial charge < -0.3 is 9.80 Å². The maximum Gasteiger partial charge on any atom is 0.213 e. The molecule has 1 aromatic heterocycles. The molecule has 0 fully saturated rings. The minimum absolute atomic E-state index is 1.19. The van der Waals surface area contributed by atoms with Gasteiger partial charge in [0.2, 0.25) is 11.4 Å². The van der Waals surface area contributed by atoms with E-state index in [1.54, 1.807) is 0 Å². The molecule has 0 aliphatic heterocycles. The third kappa shape index (κ3) is 4.31. The van der Waals surface area contributed by atoms with E-state index in [-0.39, 0.29) is 0 Å². The maximum atomic E-state index is 2.29. The Morgan fingerprint density at radius 3 is 1.29 bits per heavy atom. The van der Waals surface area contributed by atoms with Crippen molar-refractivity contribution >= 4 is 11.4 Å². The van der Waals surface area contributed by atoms with Crippen LogP contribution in [0.2, 0.25) is 0 Å². The monoisotopic (exact) mass is 408 g/mol. The minimum Gasteiger partial charge on any atom is -0.378 e. The van der Waals surface area contributed by atoms with Crippen LogP contribution in [0.3, 0.4) is 0 Å². The third-order valence-corrected chi connectivity index (χ3v) is 5.77. The molecule has 0 saturated carbocycles. The van der Waals surface area contributed by atoms with Crippen LogP contribution in [-0.2, 0) is 7.05 Å². The summed E-state index contributed by atoms with van der Waals surface area (Å²) in [5.74, 6) is 0. The molecular weight excluding hydrogens is 378 g/mol. The highest BCUT2D eigenvalue weighted by atomic mass is 15.1. The molecule has 0 spiro atoms. The van der Waals surface area contributed by atoms with Gasteiger partial charge in [-0.15, -0.1) is 0 Å². The van der Waals surface area contributed by atoms with Gasteiger partial charge in [-0.05, 0) is 59.7 Å². The fourth-order valence-corrected chi connectivity index (χ4v) is 3.87. The Morgan fingerprint density at radius 2 is 0.903 bits per heavy atom. The lowest BCUT2D eigenvalue weighted by molar-refractivity contribution is -0.649. The normalized spacial score (nSPS) is 10.7. The van der Waals surface area contributed by atoms with Crippen LogP contribution in [0.25, 0.3) is 33.6 Å². The highest BCUT2D eigenvalue weighted by molar-refractivity contribution is 5.74. The lowest BCUT2D eigenvalue weighted by Gasteiger charge is -2.14. The number of hydrogen-bond donors (Lipinski definition) is 0. The average molecular weight is 409 g/mol. The second-order valence-corrected chi connectivity index (χ2v) is 8.32. The van der Waals surface area contributed by atoms with Crippen LogP contribution in [0, 0.1) is 0 Å². The molecule has 0 aliphatic carbocycles. The van der Waals surface area contributed by atoms with E-state index in [1.807, 2.05) is 0 Å². The number of anilines is 2. The highest BCUT2D eigenvalue weighted by Gasteiger charge is 2.20. The molecule has 0 atom stereocenters. The minimum atomic E-state index is 1.19. The molecule has 156 valence electrons. The molecule has 0 radical (unpaired) electrons. The van der Waals surface area contributed by atoms with E-state index >= 15 is 0 Å². The maximum absolute atomic E-state index is 2.29. The Morgan fingerprint density at radius 1 is 0.484 bits per heavy atom. The van der Waals surface area contributed by atoms with E-state index in [9.17, 15) is 0 Å². The molecule has 4 aromatic rings. The van der Waals surface area contributed by atoms with Crippen LogP contribution in [0.1, 0.15) is 0 Å². The van der Waals surface area contributed by atoms with Crippen LogP contribution in [-0.4, -0.2) is 28.2 Å². The number of rotatable bonds is 5. The molecule has 3 nitrogen and oxygen atoms in total. The zero-order chi connectivity index (χ0) is 22.0. The molecule has 31 heavy (non-hydrogen) atoms. The first kappa shape index (κ1) is 20.7. The quantitative estimate of drug-likeness (QED) is 0.395. The molecule has 0 bridgehead atoms. The largest absolute Gasteiger partial charge is 0.378 e. The predicted molar refractivity (Wildman–Crippen MR) is 133 cm³/mol. The lowest BCUT2D eigenvalue weighted by Crippen LogP contribution is -2.34. The second kappa shape index (κ2) is 8.65. The Hall–Kier alpha value is -3.59. The summed E-state index contributed by atoms with van der Waals surface area (Å²) >= 11 is 0. The van der Waals surface area contributed by atoms with Gasteiger partial charge in [-0.25, -0.2) is 0 Å². The van der Waals surface area contributed by atoms with Gasteiger partial charge in [-0.2, -0.15) is 4.57 Å². The van der Waals surface area contributed by atoms with Gasteiger partial charge in [0.15, 0.2) is 0 Å². The number of aromatic nitrogens is 1. The lowest BCUT2D eigenvalue weighted by atomic mass is 9.99.